The minimum atomic E-state index is -1.42. The fourth-order valence-electron chi connectivity index (χ4n) is 3.54. The number of amides is 5. The summed E-state index contributed by atoms with van der Waals surface area (Å²) in [6.45, 7) is 0.0585. The SMILES string of the molecule is O=C(O)CC1CCC(NC(=O)[C@H](NC(=O)N2CCNC(=O)C2=O)c2ccccc2)B(O)O1. The third-order valence-electron chi connectivity index (χ3n) is 5.17. The highest BCUT2D eigenvalue weighted by Gasteiger charge is 2.39. The van der Waals surface area contributed by atoms with E-state index in [2.05, 4.69) is 16.0 Å². The first kappa shape index (κ1) is 23.2. The van der Waals surface area contributed by atoms with E-state index in [1.54, 1.807) is 30.3 Å². The number of piperazine rings is 1. The number of nitrogens with zero attached hydrogens (tertiary/aromatic N) is 1. The van der Waals surface area contributed by atoms with Gasteiger partial charge in [-0.15, -0.1) is 0 Å². The van der Waals surface area contributed by atoms with Gasteiger partial charge in [0.1, 0.15) is 6.04 Å². The van der Waals surface area contributed by atoms with Crippen molar-refractivity contribution in [3.05, 3.63) is 35.9 Å². The first-order valence-electron chi connectivity index (χ1n) is 10.1. The van der Waals surface area contributed by atoms with Gasteiger partial charge in [-0.2, -0.15) is 0 Å². The number of hydrogen-bond acceptors (Lipinski definition) is 7. The molecule has 32 heavy (non-hydrogen) atoms. The first-order chi connectivity index (χ1) is 15.3. The molecule has 13 heteroatoms. The minimum Gasteiger partial charge on any atom is -0.481 e. The Balaban J connectivity index is 1.70. The molecule has 0 saturated carbocycles. The zero-order chi connectivity index (χ0) is 23.3. The fraction of sp³-hybridized carbons (Fsp3) is 0.421. The van der Waals surface area contributed by atoms with Crippen molar-refractivity contribution in [3.8, 4) is 0 Å². The molecule has 0 aromatic heterocycles. The van der Waals surface area contributed by atoms with Crippen molar-refractivity contribution in [2.75, 3.05) is 13.1 Å². The number of urea groups is 1. The molecule has 0 bridgehead atoms. The van der Waals surface area contributed by atoms with Crippen molar-refractivity contribution in [1.82, 2.24) is 20.9 Å². The van der Waals surface area contributed by atoms with Crippen LogP contribution in [0.15, 0.2) is 30.3 Å². The Hall–Kier alpha value is -3.45. The fourth-order valence-corrected chi connectivity index (χ4v) is 3.54. The molecular formula is C19H23BN4O8. The molecular weight excluding hydrogens is 423 g/mol. The van der Waals surface area contributed by atoms with Crippen molar-refractivity contribution in [2.24, 2.45) is 0 Å². The van der Waals surface area contributed by atoms with Gasteiger partial charge in [-0.05, 0) is 18.4 Å². The average molecular weight is 446 g/mol. The van der Waals surface area contributed by atoms with Gasteiger partial charge in [0, 0.05) is 13.1 Å². The zero-order valence-electron chi connectivity index (χ0n) is 17.0. The van der Waals surface area contributed by atoms with E-state index in [-0.39, 0.29) is 25.9 Å². The summed E-state index contributed by atoms with van der Waals surface area (Å²) >= 11 is 0. The molecule has 3 atom stereocenters. The van der Waals surface area contributed by atoms with Gasteiger partial charge in [-0.25, -0.2) is 4.79 Å². The van der Waals surface area contributed by atoms with Crippen LogP contribution in [0.3, 0.4) is 0 Å². The highest BCUT2D eigenvalue weighted by atomic mass is 16.5. The molecule has 3 rings (SSSR count). The summed E-state index contributed by atoms with van der Waals surface area (Å²) in [6.07, 6.45) is -0.353. The summed E-state index contributed by atoms with van der Waals surface area (Å²) in [5, 5.41) is 26.5. The summed E-state index contributed by atoms with van der Waals surface area (Å²) in [4.78, 5) is 60.7. The van der Waals surface area contributed by atoms with E-state index in [9.17, 15) is 29.0 Å². The number of rotatable bonds is 6. The maximum atomic E-state index is 13.0. The molecule has 0 aliphatic carbocycles. The Kier molecular flexibility index (Phi) is 7.43. The molecule has 5 amide bonds. The van der Waals surface area contributed by atoms with Crippen LogP contribution in [0.25, 0.3) is 0 Å². The lowest BCUT2D eigenvalue weighted by Gasteiger charge is -2.32. The van der Waals surface area contributed by atoms with E-state index < -0.39 is 54.9 Å². The van der Waals surface area contributed by atoms with E-state index in [1.807, 2.05) is 0 Å². The van der Waals surface area contributed by atoms with E-state index in [4.69, 9.17) is 9.76 Å². The Morgan fingerprint density at radius 3 is 2.59 bits per heavy atom. The standard InChI is InChI=1S/C19H23BN4O8/c25-14(26)10-12-6-7-13(20(31)32-12)22-16(27)15(11-4-2-1-3-5-11)23-19(30)24-9-8-21-17(28)18(24)29/h1-5,12-13,15,31H,6-10H2,(H,21,28)(H,22,27)(H,23,30)(H,25,26)/t12?,13?,15-/m1/s1. The number of carboxylic acid groups (broad SMARTS) is 1. The molecule has 2 unspecified atom stereocenters. The summed E-state index contributed by atoms with van der Waals surface area (Å²) in [5.74, 6) is -4.48. The Bertz CT molecular complexity index is 899. The second-order valence-electron chi connectivity index (χ2n) is 7.44. The number of aliphatic carboxylic acids is 1. The molecule has 1 aromatic carbocycles. The number of imide groups is 1. The normalized spacial score (nSPS) is 22.0. The summed E-state index contributed by atoms with van der Waals surface area (Å²) in [5.41, 5.74) is 0.419. The molecule has 0 radical (unpaired) electrons. The smallest absolute Gasteiger partial charge is 0.478 e. The van der Waals surface area contributed by atoms with Gasteiger partial charge < -0.3 is 30.7 Å². The van der Waals surface area contributed by atoms with Gasteiger partial charge in [-0.1, -0.05) is 30.3 Å². The van der Waals surface area contributed by atoms with Crippen LogP contribution in [0.4, 0.5) is 4.79 Å². The van der Waals surface area contributed by atoms with Crippen molar-refractivity contribution >= 4 is 36.8 Å². The van der Waals surface area contributed by atoms with Gasteiger partial charge in [0.15, 0.2) is 0 Å². The lowest BCUT2D eigenvalue weighted by molar-refractivity contribution is -0.146. The summed E-state index contributed by atoms with van der Waals surface area (Å²) in [6, 6.07) is 6.13. The van der Waals surface area contributed by atoms with E-state index >= 15 is 0 Å². The van der Waals surface area contributed by atoms with Crippen molar-refractivity contribution in [3.63, 3.8) is 0 Å². The maximum absolute atomic E-state index is 13.0. The number of carbonyl (C=O) groups excluding carboxylic acids is 4. The topological polar surface area (TPSA) is 174 Å². The molecule has 2 aliphatic heterocycles. The molecule has 0 spiro atoms. The van der Waals surface area contributed by atoms with Crippen LogP contribution in [0.5, 0.6) is 0 Å². The lowest BCUT2D eigenvalue weighted by Crippen LogP contribution is -2.59. The molecule has 2 saturated heterocycles. The molecule has 2 aliphatic rings. The number of carboxylic acids is 1. The Morgan fingerprint density at radius 2 is 1.94 bits per heavy atom. The lowest BCUT2D eigenvalue weighted by atomic mass is 9.72. The largest absolute Gasteiger partial charge is 0.481 e. The van der Waals surface area contributed by atoms with E-state index in [0.29, 0.717) is 12.0 Å². The molecule has 5 N–H and O–H groups in total. The third kappa shape index (κ3) is 5.62. The Morgan fingerprint density at radius 1 is 1.22 bits per heavy atom. The first-order valence-corrected chi connectivity index (χ1v) is 10.1. The quantitative estimate of drug-likeness (QED) is 0.261. The predicted octanol–water partition coefficient (Wildman–Crippen LogP) is -1.45. The summed E-state index contributed by atoms with van der Waals surface area (Å²) < 4.78 is 5.27. The Labute approximate surface area is 183 Å². The molecule has 2 fully saturated rings. The van der Waals surface area contributed by atoms with Gasteiger partial charge in [0.05, 0.1) is 18.5 Å². The van der Waals surface area contributed by atoms with Crippen LogP contribution in [0.1, 0.15) is 30.9 Å². The zero-order valence-corrected chi connectivity index (χ0v) is 17.0. The van der Waals surface area contributed by atoms with Crippen LogP contribution in [-0.2, 0) is 23.8 Å². The number of hydrogen-bond donors (Lipinski definition) is 5. The minimum absolute atomic E-state index is 0.0420. The predicted molar refractivity (Wildman–Crippen MR) is 109 cm³/mol. The maximum Gasteiger partial charge on any atom is 0.478 e. The average Bonchev–Trinajstić information content (AvgIpc) is 2.75. The van der Waals surface area contributed by atoms with Gasteiger partial charge in [0.2, 0.25) is 5.91 Å². The van der Waals surface area contributed by atoms with Crippen LogP contribution < -0.4 is 16.0 Å². The molecule has 170 valence electrons. The summed E-state index contributed by atoms with van der Waals surface area (Å²) in [7, 11) is -1.42. The number of nitrogens with one attached hydrogen (secondary N) is 3. The van der Waals surface area contributed by atoms with Crippen LogP contribution in [-0.4, -0.2) is 77.0 Å². The highest BCUT2D eigenvalue weighted by molar-refractivity contribution is 6.45. The van der Waals surface area contributed by atoms with E-state index in [1.165, 1.54) is 0 Å². The second-order valence-corrected chi connectivity index (χ2v) is 7.44. The second kappa shape index (κ2) is 10.2. The van der Waals surface area contributed by atoms with Crippen LogP contribution in [0.2, 0.25) is 0 Å². The molecule has 12 nitrogen and oxygen atoms in total. The van der Waals surface area contributed by atoms with Crippen molar-refractivity contribution in [2.45, 2.75) is 37.3 Å². The van der Waals surface area contributed by atoms with Crippen molar-refractivity contribution in [1.29, 1.82) is 0 Å². The molecule has 1 aromatic rings. The number of benzene rings is 1. The monoisotopic (exact) mass is 446 g/mol. The van der Waals surface area contributed by atoms with Gasteiger partial charge in [-0.3, -0.25) is 24.1 Å². The number of carbonyl (C=O) groups is 5. The van der Waals surface area contributed by atoms with E-state index in [0.717, 1.165) is 4.90 Å². The van der Waals surface area contributed by atoms with Crippen molar-refractivity contribution < 1.29 is 38.8 Å². The third-order valence-corrected chi connectivity index (χ3v) is 5.17. The highest BCUT2D eigenvalue weighted by Crippen LogP contribution is 2.20. The van der Waals surface area contributed by atoms with Gasteiger partial charge in [0.25, 0.3) is 0 Å². The van der Waals surface area contributed by atoms with Gasteiger partial charge >= 0.3 is 30.9 Å². The van der Waals surface area contributed by atoms with Crippen LogP contribution >= 0.6 is 0 Å². The van der Waals surface area contributed by atoms with Crippen LogP contribution in [0, 0.1) is 0 Å². The molecule has 2 heterocycles.